The average molecular weight is 283 g/mol. The van der Waals surface area contributed by atoms with Gasteiger partial charge in [0.05, 0.1) is 38.4 Å². The third kappa shape index (κ3) is 1.70. The molecule has 0 aromatic heterocycles. The van der Waals surface area contributed by atoms with Gasteiger partial charge in [-0.15, -0.1) is 0 Å². The molecule has 0 aromatic carbocycles. The van der Waals surface area contributed by atoms with Gasteiger partial charge in [0, 0.05) is 6.54 Å². The molecular formula is C13H17NO6. The molecule has 2 N–H and O–H groups in total. The van der Waals surface area contributed by atoms with Gasteiger partial charge in [0.25, 0.3) is 0 Å². The van der Waals surface area contributed by atoms with Crippen molar-refractivity contribution in [1.29, 1.82) is 0 Å². The van der Waals surface area contributed by atoms with E-state index in [0.29, 0.717) is 0 Å². The van der Waals surface area contributed by atoms with E-state index in [4.69, 9.17) is 14.6 Å². The Balaban J connectivity index is 1.86. The fourth-order valence-corrected chi connectivity index (χ4v) is 3.45. The minimum atomic E-state index is -0.994. The molecule has 0 unspecified atom stereocenters. The highest BCUT2D eigenvalue weighted by atomic mass is 16.5. The second-order valence-electron chi connectivity index (χ2n) is 5.48. The number of fused-ring (bicyclic) bond motifs is 1. The van der Waals surface area contributed by atoms with Crippen LogP contribution in [-0.4, -0.2) is 71.6 Å². The number of methoxy groups -OCH3 is 1. The minimum Gasteiger partial charge on any atom is -0.469 e. The van der Waals surface area contributed by atoms with Crippen LogP contribution in [0.3, 0.4) is 0 Å². The number of hydrogen-bond acceptors (Lipinski definition) is 6. The Hall–Kier alpha value is -1.44. The second-order valence-corrected chi connectivity index (χ2v) is 5.48. The molecule has 0 aliphatic carbocycles. The molecule has 3 rings (SSSR count). The molecular weight excluding hydrogens is 266 g/mol. The summed E-state index contributed by atoms with van der Waals surface area (Å²) in [5, 5.41) is 18.4. The van der Waals surface area contributed by atoms with Gasteiger partial charge < -0.3 is 24.6 Å². The van der Waals surface area contributed by atoms with Gasteiger partial charge in [0.15, 0.2) is 0 Å². The van der Waals surface area contributed by atoms with Gasteiger partial charge in [-0.3, -0.25) is 9.59 Å². The van der Waals surface area contributed by atoms with Gasteiger partial charge in [0.1, 0.15) is 11.5 Å². The number of esters is 1. The van der Waals surface area contributed by atoms with Crippen LogP contribution < -0.4 is 0 Å². The fourth-order valence-electron chi connectivity index (χ4n) is 3.45. The largest absolute Gasteiger partial charge is 0.469 e. The van der Waals surface area contributed by atoms with Crippen molar-refractivity contribution in [2.45, 2.75) is 17.8 Å². The summed E-state index contributed by atoms with van der Waals surface area (Å²) in [4.78, 5) is 25.8. The summed E-state index contributed by atoms with van der Waals surface area (Å²) >= 11 is 0. The molecule has 7 heteroatoms. The zero-order chi connectivity index (χ0) is 14.5. The number of nitrogens with zero attached hydrogens (tertiary/aromatic N) is 1. The number of β-amino-alcohol motifs (C(OH)–C–C–N with tert-alkyl or cyclic N) is 1. The number of carbonyl (C=O) groups is 2. The third-order valence-electron chi connectivity index (χ3n) is 4.29. The van der Waals surface area contributed by atoms with Crippen molar-refractivity contribution in [2.24, 2.45) is 11.8 Å². The van der Waals surface area contributed by atoms with E-state index in [-0.39, 0.29) is 19.0 Å². The van der Waals surface area contributed by atoms with Gasteiger partial charge >= 0.3 is 5.97 Å². The average Bonchev–Trinajstić information content (AvgIpc) is 3.07. The predicted molar refractivity (Wildman–Crippen MR) is 65.4 cm³/mol. The van der Waals surface area contributed by atoms with E-state index in [1.165, 1.54) is 12.0 Å². The summed E-state index contributed by atoms with van der Waals surface area (Å²) in [7, 11) is 1.29. The summed E-state index contributed by atoms with van der Waals surface area (Å²) in [6.07, 6.45) is 2.20. The fraction of sp³-hybridized carbons (Fsp3) is 0.692. The van der Waals surface area contributed by atoms with Crippen molar-refractivity contribution < 1.29 is 29.3 Å². The first-order chi connectivity index (χ1) is 9.52. The van der Waals surface area contributed by atoms with Crippen LogP contribution in [0.1, 0.15) is 0 Å². The highest BCUT2D eigenvalue weighted by molar-refractivity contribution is 5.91. The molecule has 0 radical (unpaired) electrons. The second kappa shape index (κ2) is 4.54. The molecule has 110 valence electrons. The van der Waals surface area contributed by atoms with E-state index >= 15 is 0 Å². The van der Waals surface area contributed by atoms with Gasteiger partial charge in [0.2, 0.25) is 5.91 Å². The Morgan fingerprint density at radius 1 is 1.70 bits per heavy atom. The maximum absolute atomic E-state index is 12.5. The van der Waals surface area contributed by atoms with Crippen molar-refractivity contribution in [2.75, 3.05) is 26.8 Å². The summed E-state index contributed by atoms with van der Waals surface area (Å²) in [5.74, 6) is -1.92. The Bertz CT molecular complexity index is 477. The molecule has 3 heterocycles. The third-order valence-corrected chi connectivity index (χ3v) is 4.29. The molecule has 5 atom stereocenters. The Labute approximate surface area is 115 Å². The van der Waals surface area contributed by atoms with Gasteiger partial charge in [-0.1, -0.05) is 12.2 Å². The first kappa shape index (κ1) is 13.5. The van der Waals surface area contributed by atoms with Gasteiger partial charge in [-0.05, 0) is 0 Å². The molecule has 20 heavy (non-hydrogen) atoms. The van der Waals surface area contributed by atoms with Crippen LogP contribution in [-0.2, 0) is 19.1 Å². The number of rotatable bonds is 4. The summed E-state index contributed by atoms with van der Waals surface area (Å²) in [6.45, 7) is -0.0986. The highest BCUT2D eigenvalue weighted by Crippen LogP contribution is 2.52. The first-order valence-electron chi connectivity index (χ1n) is 6.55. The quantitative estimate of drug-likeness (QED) is 0.471. The van der Waals surface area contributed by atoms with E-state index in [1.54, 1.807) is 6.08 Å². The number of ether oxygens (including phenoxy) is 2. The van der Waals surface area contributed by atoms with E-state index in [0.717, 1.165) is 0 Å². The molecule has 0 aromatic rings. The molecule has 3 aliphatic heterocycles. The summed E-state index contributed by atoms with van der Waals surface area (Å²) < 4.78 is 10.6. The highest BCUT2D eigenvalue weighted by Gasteiger charge is 2.67. The Kier molecular flexibility index (Phi) is 3.07. The van der Waals surface area contributed by atoms with E-state index in [1.807, 2.05) is 6.08 Å². The minimum absolute atomic E-state index is 0.0311. The van der Waals surface area contributed by atoms with Gasteiger partial charge in [-0.2, -0.15) is 0 Å². The van der Waals surface area contributed by atoms with Gasteiger partial charge in [-0.25, -0.2) is 0 Å². The van der Waals surface area contributed by atoms with E-state index < -0.39 is 42.2 Å². The van der Waals surface area contributed by atoms with Crippen LogP contribution >= 0.6 is 0 Å². The molecule has 2 saturated heterocycles. The number of carbonyl (C=O) groups excluding carboxylic acids is 2. The monoisotopic (exact) mass is 283 g/mol. The van der Waals surface area contributed by atoms with E-state index in [9.17, 15) is 14.7 Å². The van der Waals surface area contributed by atoms with Crippen LogP contribution in [0.25, 0.3) is 0 Å². The molecule has 2 bridgehead atoms. The summed E-state index contributed by atoms with van der Waals surface area (Å²) in [6, 6.07) is 0. The number of likely N-dealkylation sites (tertiary alicyclic amines) is 1. The zero-order valence-corrected chi connectivity index (χ0v) is 11.1. The lowest BCUT2D eigenvalue weighted by atomic mass is 9.77. The van der Waals surface area contributed by atoms with Crippen LogP contribution in [0, 0.1) is 11.8 Å². The maximum atomic E-state index is 12.5. The van der Waals surface area contributed by atoms with Crippen molar-refractivity contribution in [3.63, 3.8) is 0 Å². The van der Waals surface area contributed by atoms with Crippen molar-refractivity contribution in [3.8, 4) is 0 Å². The first-order valence-corrected chi connectivity index (χ1v) is 6.55. The lowest BCUT2D eigenvalue weighted by Crippen LogP contribution is -2.40. The predicted octanol–water partition coefficient (Wildman–Crippen LogP) is -1.71. The van der Waals surface area contributed by atoms with Crippen LogP contribution in [0.15, 0.2) is 12.2 Å². The lowest BCUT2D eigenvalue weighted by Gasteiger charge is -2.22. The Morgan fingerprint density at radius 2 is 2.45 bits per heavy atom. The van der Waals surface area contributed by atoms with Crippen LogP contribution in [0.4, 0.5) is 0 Å². The lowest BCUT2D eigenvalue weighted by molar-refractivity contribution is -0.151. The molecule has 3 aliphatic rings. The van der Waals surface area contributed by atoms with E-state index in [2.05, 4.69) is 0 Å². The smallest absolute Gasteiger partial charge is 0.312 e. The normalized spacial score (nSPS) is 39.2. The molecule has 1 spiro atoms. The molecule has 0 saturated carbocycles. The molecule has 1 amide bonds. The van der Waals surface area contributed by atoms with Crippen molar-refractivity contribution >= 4 is 11.9 Å². The molecule has 7 nitrogen and oxygen atoms in total. The number of aliphatic hydroxyl groups is 2. The zero-order valence-electron chi connectivity index (χ0n) is 11.1. The standard InChI is InChI=1S/C13H17NO6/c1-19-12(18)9-8-2-3-13(20-8)6-14(4-7(16)5-15)11(17)10(9)13/h2-3,7-10,15-16H,4-6H2,1H3/t7-,8-,9-,10-,13+/m1/s1. The number of amides is 1. The molecule has 2 fully saturated rings. The van der Waals surface area contributed by atoms with Crippen molar-refractivity contribution in [1.82, 2.24) is 4.90 Å². The topological polar surface area (TPSA) is 96.3 Å². The van der Waals surface area contributed by atoms with Crippen LogP contribution in [0.5, 0.6) is 0 Å². The SMILES string of the molecule is COC(=O)[C@@H]1[C@H]2C=C[C@@]3(CN(C[C@@H](O)CO)C(=O)[C@@H]13)O2. The Morgan fingerprint density at radius 3 is 3.10 bits per heavy atom. The maximum Gasteiger partial charge on any atom is 0.312 e. The van der Waals surface area contributed by atoms with Crippen molar-refractivity contribution in [3.05, 3.63) is 12.2 Å². The number of aliphatic hydroxyl groups excluding tert-OH is 2. The summed E-state index contributed by atoms with van der Waals surface area (Å²) in [5.41, 5.74) is -0.796. The number of hydrogen-bond donors (Lipinski definition) is 2. The van der Waals surface area contributed by atoms with Crippen LogP contribution in [0.2, 0.25) is 0 Å².